The lowest BCUT2D eigenvalue weighted by Gasteiger charge is -2.04. The Kier molecular flexibility index (Phi) is 4.07. The zero-order chi connectivity index (χ0) is 16.4. The molecule has 0 unspecified atom stereocenters. The molecule has 0 bridgehead atoms. The Labute approximate surface area is 136 Å². The number of carbonyl (C=O) groups is 1. The quantitative estimate of drug-likeness (QED) is 0.763. The molecule has 0 aliphatic heterocycles. The SMILES string of the molecule is Cc1cccc(NC(=O)Nc2nnc(-c3sc(C)nc3C)o2)c1. The number of nitrogens with zero attached hydrogens (tertiary/aromatic N) is 3. The van der Waals surface area contributed by atoms with Gasteiger partial charge in [0.1, 0.15) is 4.88 Å². The van der Waals surface area contributed by atoms with E-state index in [1.165, 1.54) is 11.3 Å². The number of aryl methyl sites for hydroxylation is 3. The molecule has 0 saturated carbocycles. The van der Waals surface area contributed by atoms with E-state index in [0.29, 0.717) is 11.6 Å². The third-order valence-corrected chi connectivity index (χ3v) is 4.08. The van der Waals surface area contributed by atoms with Gasteiger partial charge in [0.2, 0.25) is 0 Å². The van der Waals surface area contributed by atoms with Crippen LogP contribution in [-0.4, -0.2) is 21.2 Å². The van der Waals surface area contributed by atoms with Gasteiger partial charge in [-0.15, -0.1) is 16.4 Å². The zero-order valence-electron chi connectivity index (χ0n) is 12.9. The highest BCUT2D eigenvalue weighted by Gasteiger charge is 2.16. The number of hydrogen-bond donors (Lipinski definition) is 2. The average Bonchev–Trinajstić information content (AvgIpc) is 3.05. The van der Waals surface area contributed by atoms with E-state index in [4.69, 9.17) is 4.42 Å². The van der Waals surface area contributed by atoms with Gasteiger partial charge >= 0.3 is 12.0 Å². The van der Waals surface area contributed by atoms with E-state index in [1.807, 2.05) is 39.0 Å². The van der Waals surface area contributed by atoms with Gasteiger partial charge in [-0.2, -0.15) is 0 Å². The second kappa shape index (κ2) is 6.17. The van der Waals surface area contributed by atoms with Crippen LogP contribution in [0.2, 0.25) is 0 Å². The van der Waals surface area contributed by atoms with Crippen molar-refractivity contribution in [3.05, 3.63) is 40.5 Å². The van der Waals surface area contributed by atoms with Crippen LogP contribution in [0, 0.1) is 20.8 Å². The van der Waals surface area contributed by atoms with Crippen LogP contribution in [0.25, 0.3) is 10.8 Å². The van der Waals surface area contributed by atoms with Crippen molar-refractivity contribution in [1.29, 1.82) is 0 Å². The van der Waals surface area contributed by atoms with Crippen molar-refractivity contribution in [3.63, 3.8) is 0 Å². The van der Waals surface area contributed by atoms with E-state index in [-0.39, 0.29) is 6.01 Å². The van der Waals surface area contributed by atoms with Crippen molar-refractivity contribution >= 4 is 29.1 Å². The Bertz CT molecular complexity index is 855. The van der Waals surface area contributed by atoms with Crippen LogP contribution in [0.4, 0.5) is 16.5 Å². The topological polar surface area (TPSA) is 92.9 Å². The Morgan fingerprint density at radius 1 is 1.17 bits per heavy atom. The van der Waals surface area contributed by atoms with Crippen LogP contribution in [0.1, 0.15) is 16.3 Å². The van der Waals surface area contributed by atoms with Crippen molar-refractivity contribution in [3.8, 4) is 10.8 Å². The summed E-state index contributed by atoms with van der Waals surface area (Å²) in [5, 5.41) is 13.9. The number of aromatic nitrogens is 3. The van der Waals surface area contributed by atoms with Crippen LogP contribution in [0.5, 0.6) is 0 Å². The molecule has 0 radical (unpaired) electrons. The first-order valence-electron chi connectivity index (χ1n) is 6.94. The summed E-state index contributed by atoms with van der Waals surface area (Å²) >= 11 is 1.47. The minimum absolute atomic E-state index is 0.0376. The number of hydrogen-bond acceptors (Lipinski definition) is 6. The first-order valence-corrected chi connectivity index (χ1v) is 7.75. The number of nitrogens with one attached hydrogen (secondary N) is 2. The van der Waals surface area contributed by atoms with Gasteiger partial charge in [0.15, 0.2) is 0 Å². The van der Waals surface area contributed by atoms with E-state index in [9.17, 15) is 4.79 Å². The van der Waals surface area contributed by atoms with E-state index < -0.39 is 6.03 Å². The molecule has 3 rings (SSSR count). The van der Waals surface area contributed by atoms with E-state index in [0.717, 1.165) is 21.1 Å². The van der Waals surface area contributed by atoms with Crippen molar-refractivity contribution < 1.29 is 9.21 Å². The maximum absolute atomic E-state index is 12.0. The summed E-state index contributed by atoms with van der Waals surface area (Å²) in [5.74, 6) is 0.346. The molecular weight excluding hydrogens is 314 g/mol. The van der Waals surface area contributed by atoms with Crippen LogP contribution in [-0.2, 0) is 0 Å². The van der Waals surface area contributed by atoms with Gasteiger partial charge in [0, 0.05) is 5.69 Å². The van der Waals surface area contributed by atoms with Crippen molar-refractivity contribution in [2.75, 3.05) is 10.6 Å². The highest BCUT2D eigenvalue weighted by Crippen LogP contribution is 2.29. The molecule has 2 aromatic heterocycles. The molecule has 0 fully saturated rings. The third kappa shape index (κ3) is 3.54. The molecule has 118 valence electrons. The molecule has 3 aromatic rings. The molecule has 23 heavy (non-hydrogen) atoms. The second-order valence-electron chi connectivity index (χ2n) is 5.01. The Balaban J connectivity index is 1.69. The first kappa shape index (κ1) is 15.2. The van der Waals surface area contributed by atoms with Crippen molar-refractivity contribution in [2.24, 2.45) is 0 Å². The summed E-state index contributed by atoms with van der Waals surface area (Å²) in [6, 6.07) is 7.08. The predicted octanol–water partition coefficient (Wildman–Crippen LogP) is 3.76. The largest absolute Gasteiger partial charge is 0.402 e. The van der Waals surface area contributed by atoms with Gasteiger partial charge in [0.25, 0.3) is 5.89 Å². The maximum Gasteiger partial charge on any atom is 0.327 e. The summed E-state index contributed by atoms with van der Waals surface area (Å²) in [6.45, 7) is 5.74. The fourth-order valence-electron chi connectivity index (χ4n) is 2.08. The highest BCUT2D eigenvalue weighted by molar-refractivity contribution is 7.15. The van der Waals surface area contributed by atoms with Gasteiger partial charge in [-0.05, 0) is 38.5 Å². The monoisotopic (exact) mass is 329 g/mol. The fourth-order valence-corrected chi connectivity index (χ4v) is 2.92. The molecule has 0 spiro atoms. The van der Waals surface area contributed by atoms with Gasteiger partial charge < -0.3 is 9.73 Å². The highest BCUT2D eigenvalue weighted by atomic mass is 32.1. The lowest BCUT2D eigenvalue weighted by Crippen LogP contribution is -2.19. The number of amides is 2. The summed E-state index contributed by atoms with van der Waals surface area (Å²) < 4.78 is 5.47. The number of rotatable bonds is 3. The summed E-state index contributed by atoms with van der Waals surface area (Å²) in [4.78, 5) is 17.1. The minimum Gasteiger partial charge on any atom is -0.402 e. The lowest BCUT2D eigenvalue weighted by atomic mass is 10.2. The molecule has 8 heteroatoms. The summed E-state index contributed by atoms with van der Waals surface area (Å²) in [6.07, 6.45) is 0. The molecule has 0 saturated heterocycles. The first-order chi connectivity index (χ1) is 11.0. The van der Waals surface area contributed by atoms with E-state index in [1.54, 1.807) is 6.07 Å². The normalized spacial score (nSPS) is 10.6. The smallest absolute Gasteiger partial charge is 0.327 e. The third-order valence-electron chi connectivity index (χ3n) is 3.02. The number of anilines is 2. The summed E-state index contributed by atoms with van der Waals surface area (Å²) in [5.41, 5.74) is 2.57. The summed E-state index contributed by atoms with van der Waals surface area (Å²) in [7, 11) is 0. The van der Waals surface area contributed by atoms with E-state index >= 15 is 0 Å². The lowest BCUT2D eigenvalue weighted by molar-refractivity contribution is 0.261. The molecule has 0 aliphatic rings. The molecule has 2 amide bonds. The average molecular weight is 329 g/mol. The zero-order valence-corrected chi connectivity index (χ0v) is 13.7. The van der Waals surface area contributed by atoms with Crippen LogP contribution >= 0.6 is 11.3 Å². The Hall–Kier alpha value is -2.74. The molecule has 2 heterocycles. The van der Waals surface area contributed by atoms with Gasteiger partial charge in [-0.3, -0.25) is 5.32 Å². The van der Waals surface area contributed by atoms with E-state index in [2.05, 4.69) is 25.8 Å². The molecule has 0 aliphatic carbocycles. The Morgan fingerprint density at radius 2 is 2.00 bits per heavy atom. The second-order valence-corrected chi connectivity index (χ2v) is 6.21. The number of carbonyl (C=O) groups excluding carboxylic acids is 1. The van der Waals surface area contributed by atoms with Crippen molar-refractivity contribution in [1.82, 2.24) is 15.2 Å². The Morgan fingerprint density at radius 3 is 2.70 bits per heavy atom. The van der Waals surface area contributed by atoms with Crippen LogP contribution < -0.4 is 10.6 Å². The number of urea groups is 1. The van der Waals surface area contributed by atoms with Gasteiger partial charge in [-0.25, -0.2) is 9.78 Å². The number of benzene rings is 1. The van der Waals surface area contributed by atoms with Gasteiger partial charge in [0.05, 0.1) is 10.7 Å². The predicted molar refractivity (Wildman–Crippen MR) is 88.7 cm³/mol. The van der Waals surface area contributed by atoms with Crippen LogP contribution in [0.3, 0.4) is 0 Å². The number of thiazole rings is 1. The van der Waals surface area contributed by atoms with Gasteiger partial charge in [-0.1, -0.05) is 17.2 Å². The molecule has 2 N–H and O–H groups in total. The minimum atomic E-state index is -0.442. The molecule has 7 nitrogen and oxygen atoms in total. The fraction of sp³-hybridized carbons (Fsp3) is 0.200. The molecule has 0 atom stereocenters. The molecular formula is C15H15N5O2S. The maximum atomic E-state index is 12.0. The standard InChI is InChI=1S/C15H15N5O2S/c1-8-5-4-6-11(7-8)17-14(21)18-15-20-19-13(22-15)12-9(2)16-10(3)23-12/h4-7H,1-3H3,(H2,17,18,20,21). The molecule has 1 aromatic carbocycles. The van der Waals surface area contributed by atoms with Crippen molar-refractivity contribution in [2.45, 2.75) is 20.8 Å². The van der Waals surface area contributed by atoms with Crippen LogP contribution in [0.15, 0.2) is 28.7 Å².